The third-order valence-corrected chi connectivity index (χ3v) is 3.31. The van der Waals surface area contributed by atoms with Crippen LogP contribution >= 0.6 is 0 Å². The van der Waals surface area contributed by atoms with Crippen LogP contribution in [0.4, 0.5) is 0 Å². The van der Waals surface area contributed by atoms with Crippen molar-refractivity contribution in [2.45, 2.75) is 38.5 Å². The second-order valence-electron chi connectivity index (χ2n) is 4.38. The van der Waals surface area contributed by atoms with E-state index in [1.807, 2.05) is 0 Å². The maximum Gasteiger partial charge on any atom is 0.138 e. The Bertz CT molecular complexity index is 223. The van der Waals surface area contributed by atoms with Crippen LogP contribution in [0.1, 0.15) is 38.5 Å². The van der Waals surface area contributed by atoms with Crippen molar-refractivity contribution in [3.63, 3.8) is 0 Å². The highest BCUT2D eigenvalue weighted by molar-refractivity contribution is 5.90. The maximum atomic E-state index is 11.7. The van der Waals surface area contributed by atoms with Crippen molar-refractivity contribution in [1.82, 2.24) is 0 Å². The molecule has 2 atom stereocenters. The van der Waals surface area contributed by atoms with E-state index < -0.39 is 0 Å². The molecule has 1 saturated carbocycles. The summed E-state index contributed by atoms with van der Waals surface area (Å²) < 4.78 is 0. The second-order valence-corrected chi connectivity index (χ2v) is 4.38. The van der Waals surface area contributed by atoms with E-state index in [0.29, 0.717) is 0 Å². The first kappa shape index (κ1) is 13.3. The van der Waals surface area contributed by atoms with Crippen molar-refractivity contribution in [2.24, 2.45) is 11.8 Å². The molecule has 1 fully saturated rings. The largest absolute Gasteiger partial charge is 0.396 e. The Hall–Kier alpha value is -0.740. The van der Waals surface area contributed by atoms with Gasteiger partial charge in [0.2, 0.25) is 0 Å². The average molecular weight is 228 g/mol. The van der Waals surface area contributed by atoms with Crippen LogP contribution < -0.4 is 0 Å². The predicted molar refractivity (Wildman–Crippen MR) is 58.9 cm³/mol. The average Bonchev–Trinajstić information content (AvgIpc) is 2.30. The summed E-state index contributed by atoms with van der Waals surface area (Å²) in [5, 5.41) is 17.5. The molecule has 92 valence electrons. The molecular weight excluding hydrogens is 208 g/mol. The minimum atomic E-state index is -0.222. The zero-order valence-electron chi connectivity index (χ0n) is 9.52. The Morgan fingerprint density at radius 3 is 1.56 bits per heavy atom. The minimum absolute atomic E-state index is 0.00140. The quantitative estimate of drug-likeness (QED) is 0.701. The molecule has 4 nitrogen and oxygen atoms in total. The van der Waals surface area contributed by atoms with Crippen molar-refractivity contribution in [2.75, 3.05) is 13.2 Å². The first-order chi connectivity index (χ1) is 7.70. The monoisotopic (exact) mass is 228 g/mol. The Morgan fingerprint density at radius 1 is 0.875 bits per heavy atom. The van der Waals surface area contributed by atoms with E-state index in [1.165, 1.54) is 0 Å². The van der Waals surface area contributed by atoms with Crippen molar-refractivity contribution < 1.29 is 19.8 Å². The topological polar surface area (TPSA) is 74.6 Å². The summed E-state index contributed by atoms with van der Waals surface area (Å²) in [6.45, 7) is -0.285. The zero-order valence-corrected chi connectivity index (χ0v) is 9.52. The van der Waals surface area contributed by atoms with Gasteiger partial charge < -0.3 is 10.2 Å². The molecule has 0 amide bonds. The number of aliphatic hydroxyl groups is 2. The van der Waals surface area contributed by atoms with Gasteiger partial charge in [0, 0.05) is 37.9 Å². The van der Waals surface area contributed by atoms with Crippen molar-refractivity contribution in [3.05, 3.63) is 0 Å². The fraction of sp³-hybridized carbons (Fsp3) is 0.833. The number of hydrogen-bond acceptors (Lipinski definition) is 4. The van der Waals surface area contributed by atoms with Gasteiger partial charge in [-0.15, -0.1) is 0 Å². The molecule has 2 unspecified atom stereocenters. The van der Waals surface area contributed by atoms with Gasteiger partial charge in [0.15, 0.2) is 0 Å². The van der Waals surface area contributed by atoms with Crippen LogP contribution in [0, 0.1) is 11.8 Å². The SMILES string of the molecule is O=C(CCO)C1CCCCC1C(=O)CCO. The van der Waals surface area contributed by atoms with Crippen molar-refractivity contribution in [1.29, 1.82) is 0 Å². The highest BCUT2D eigenvalue weighted by Gasteiger charge is 2.34. The Morgan fingerprint density at radius 2 is 1.25 bits per heavy atom. The predicted octanol–water partition coefficient (Wildman–Crippen LogP) is 0.696. The Balaban J connectivity index is 2.63. The summed E-state index contributed by atoms with van der Waals surface area (Å²) in [4.78, 5) is 23.5. The molecule has 0 heterocycles. The van der Waals surface area contributed by atoms with Gasteiger partial charge in [0.25, 0.3) is 0 Å². The lowest BCUT2D eigenvalue weighted by molar-refractivity contribution is -0.134. The summed E-state index contributed by atoms with van der Waals surface area (Å²) in [5.74, 6) is -0.447. The van der Waals surface area contributed by atoms with Gasteiger partial charge in [-0.2, -0.15) is 0 Å². The molecule has 2 N–H and O–H groups in total. The number of hydrogen-bond donors (Lipinski definition) is 2. The van der Waals surface area contributed by atoms with E-state index in [1.54, 1.807) is 0 Å². The van der Waals surface area contributed by atoms with E-state index in [4.69, 9.17) is 10.2 Å². The summed E-state index contributed by atoms with van der Waals surface area (Å²) in [6, 6.07) is 0. The molecular formula is C12H20O4. The number of carbonyl (C=O) groups is 2. The number of carbonyl (C=O) groups excluding carboxylic acids is 2. The third kappa shape index (κ3) is 3.39. The molecule has 4 heteroatoms. The molecule has 16 heavy (non-hydrogen) atoms. The van der Waals surface area contributed by atoms with E-state index in [9.17, 15) is 9.59 Å². The van der Waals surface area contributed by atoms with Crippen LogP contribution in [0.5, 0.6) is 0 Å². The number of aliphatic hydroxyl groups excluding tert-OH is 2. The first-order valence-corrected chi connectivity index (χ1v) is 5.97. The van der Waals surface area contributed by atoms with E-state index >= 15 is 0 Å². The Labute approximate surface area is 95.7 Å². The third-order valence-electron chi connectivity index (χ3n) is 3.31. The van der Waals surface area contributed by atoms with Crippen molar-refractivity contribution >= 4 is 11.6 Å². The summed E-state index contributed by atoms with van der Waals surface area (Å²) in [6.07, 6.45) is 3.75. The van der Waals surface area contributed by atoms with Crippen LogP contribution in [-0.2, 0) is 9.59 Å². The molecule has 0 radical (unpaired) electrons. The smallest absolute Gasteiger partial charge is 0.138 e. The van der Waals surface area contributed by atoms with Gasteiger partial charge in [-0.05, 0) is 12.8 Å². The summed E-state index contributed by atoms with van der Waals surface area (Å²) in [7, 11) is 0. The molecule has 1 rings (SSSR count). The summed E-state index contributed by atoms with van der Waals surface area (Å²) >= 11 is 0. The van der Waals surface area contributed by atoms with Crippen molar-refractivity contribution in [3.8, 4) is 0 Å². The first-order valence-electron chi connectivity index (χ1n) is 5.97. The van der Waals surface area contributed by atoms with Gasteiger partial charge in [-0.25, -0.2) is 0 Å². The van der Waals surface area contributed by atoms with E-state index in [0.717, 1.165) is 25.7 Å². The van der Waals surface area contributed by atoms with E-state index in [2.05, 4.69) is 0 Å². The fourth-order valence-electron chi connectivity index (χ4n) is 2.49. The van der Waals surface area contributed by atoms with Gasteiger partial charge in [-0.3, -0.25) is 9.59 Å². The molecule has 0 aliphatic heterocycles. The number of Topliss-reactive ketones (excluding diaryl/α,β-unsaturated/α-hetero) is 2. The molecule has 1 aliphatic carbocycles. The van der Waals surface area contributed by atoms with Crippen LogP contribution in [0.2, 0.25) is 0 Å². The Kier molecular flexibility index (Phi) is 5.63. The molecule has 0 bridgehead atoms. The molecule has 1 aliphatic rings. The van der Waals surface area contributed by atoms with Gasteiger partial charge in [0.1, 0.15) is 11.6 Å². The van der Waals surface area contributed by atoms with Gasteiger partial charge >= 0.3 is 0 Å². The fourth-order valence-corrected chi connectivity index (χ4v) is 2.49. The van der Waals surface area contributed by atoms with Gasteiger partial charge in [0.05, 0.1) is 0 Å². The molecule has 0 aromatic rings. The molecule has 0 aromatic carbocycles. The lowest BCUT2D eigenvalue weighted by Gasteiger charge is -2.29. The summed E-state index contributed by atoms with van der Waals surface area (Å²) in [5.41, 5.74) is 0. The molecule has 0 aromatic heterocycles. The van der Waals surface area contributed by atoms with Crippen LogP contribution in [0.25, 0.3) is 0 Å². The van der Waals surface area contributed by atoms with Crippen LogP contribution in [-0.4, -0.2) is 35.0 Å². The minimum Gasteiger partial charge on any atom is -0.396 e. The normalized spacial score (nSPS) is 25.4. The highest BCUT2D eigenvalue weighted by atomic mass is 16.3. The van der Waals surface area contributed by atoms with Gasteiger partial charge in [-0.1, -0.05) is 12.8 Å². The standard InChI is InChI=1S/C12H20O4/c13-7-5-11(15)9-3-1-2-4-10(9)12(16)6-8-14/h9-10,13-14H,1-8H2. The number of ketones is 2. The lowest BCUT2D eigenvalue weighted by Crippen LogP contribution is -2.33. The van der Waals surface area contributed by atoms with Crippen LogP contribution in [0.15, 0.2) is 0 Å². The highest BCUT2D eigenvalue weighted by Crippen LogP contribution is 2.32. The second kappa shape index (κ2) is 6.76. The zero-order chi connectivity index (χ0) is 12.0. The molecule has 0 spiro atoms. The molecule has 0 saturated heterocycles. The van der Waals surface area contributed by atoms with Crippen LogP contribution in [0.3, 0.4) is 0 Å². The maximum absolute atomic E-state index is 11.7. The number of rotatable bonds is 6. The van der Waals surface area contributed by atoms with E-state index in [-0.39, 0.29) is 49.5 Å². The lowest BCUT2D eigenvalue weighted by atomic mass is 9.73.